The lowest BCUT2D eigenvalue weighted by Crippen LogP contribution is -1.99. The van der Waals surface area contributed by atoms with Crippen molar-refractivity contribution in [1.82, 2.24) is 0 Å². The SMILES string of the molecule is [CH2]CCCCCCCCC#CCC(CC)CCCCC(C)CCCCCCC[CH2]. The average Bonchev–Trinajstić information content (AvgIpc) is 2.73. The fourth-order valence-electron chi connectivity index (χ4n) is 4.12. The van der Waals surface area contributed by atoms with E-state index in [9.17, 15) is 0 Å². The predicted octanol–water partition coefficient (Wildman–Crippen LogP) is 10.1. The van der Waals surface area contributed by atoms with Gasteiger partial charge in [-0.3, -0.25) is 0 Å². The molecule has 0 N–H and O–H groups in total. The van der Waals surface area contributed by atoms with Gasteiger partial charge in [-0.2, -0.15) is 0 Å². The summed E-state index contributed by atoms with van der Waals surface area (Å²) in [6.07, 6.45) is 27.9. The maximum absolute atomic E-state index is 3.92. The monoisotopic (exact) mass is 402 g/mol. The zero-order chi connectivity index (χ0) is 21.4. The number of hydrogen-bond acceptors (Lipinski definition) is 0. The maximum Gasteiger partial charge on any atom is 0.0117 e. The first-order valence-electron chi connectivity index (χ1n) is 13.3. The first-order chi connectivity index (χ1) is 14.2. The summed E-state index contributed by atoms with van der Waals surface area (Å²) >= 11 is 0. The number of rotatable bonds is 21. The molecule has 0 saturated heterocycles. The smallest absolute Gasteiger partial charge is 0.0117 e. The van der Waals surface area contributed by atoms with Gasteiger partial charge in [-0.15, -0.1) is 11.8 Å². The van der Waals surface area contributed by atoms with Gasteiger partial charge in [-0.05, 0) is 24.7 Å². The molecule has 0 aromatic carbocycles. The highest BCUT2D eigenvalue weighted by Crippen LogP contribution is 2.21. The molecule has 0 fully saturated rings. The summed E-state index contributed by atoms with van der Waals surface area (Å²) in [6, 6.07) is 0. The molecule has 0 nitrogen and oxygen atoms in total. The zero-order valence-electron chi connectivity index (χ0n) is 20.4. The number of unbranched alkanes of at least 4 members (excludes halogenated alkanes) is 13. The molecule has 0 aliphatic rings. The molecular formula is C29H54. The Balaban J connectivity index is 3.55. The molecule has 0 aromatic rings. The fourth-order valence-corrected chi connectivity index (χ4v) is 4.12. The van der Waals surface area contributed by atoms with Crippen LogP contribution >= 0.6 is 0 Å². The van der Waals surface area contributed by atoms with Gasteiger partial charge in [0.15, 0.2) is 0 Å². The third kappa shape index (κ3) is 22.1. The molecular weight excluding hydrogens is 348 g/mol. The molecule has 2 unspecified atom stereocenters. The Labute approximate surface area is 186 Å². The number of hydrogen-bond donors (Lipinski definition) is 0. The molecule has 0 rings (SSSR count). The van der Waals surface area contributed by atoms with Crippen LogP contribution in [-0.4, -0.2) is 0 Å². The van der Waals surface area contributed by atoms with E-state index in [4.69, 9.17) is 0 Å². The summed E-state index contributed by atoms with van der Waals surface area (Å²) in [7, 11) is 0. The van der Waals surface area contributed by atoms with Gasteiger partial charge >= 0.3 is 0 Å². The molecule has 0 saturated carbocycles. The van der Waals surface area contributed by atoms with Gasteiger partial charge in [0, 0.05) is 12.8 Å². The van der Waals surface area contributed by atoms with E-state index in [0.717, 1.165) is 37.5 Å². The van der Waals surface area contributed by atoms with Crippen molar-refractivity contribution in [3.8, 4) is 11.8 Å². The molecule has 29 heavy (non-hydrogen) atoms. The van der Waals surface area contributed by atoms with Crippen molar-refractivity contribution in [2.75, 3.05) is 0 Å². The second-order valence-corrected chi connectivity index (χ2v) is 9.36. The van der Waals surface area contributed by atoms with Gasteiger partial charge in [0.25, 0.3) is 0 Å². The van der Waals surface area contributed by atoms with E-state index in [0.29, 0.717) is 0 Å². The summed E-state index contributed by atoms with van der Waals surface area (Å²) in [5.74, 6) is 8.67. The highest BCUT2D eigenvalue weighted by Gasteiger charge is 2.06. The summed E-state index contributed by atoms with van der Waals surface area (Å²) in [4.78, 5) is 0. The van der Waals surface area contributed by atoms with E-state index in [1.807, 2.05) is 0 Å². The minimum atomic E-state index is 0.827. The summed E-state index contributed by atoms with van der Waals surface area (Å²) in [5, 5.41) is 0. The normalized spacial score (nSPS) is 13.1. The molecule has 0 aliphatic heterocycles. The predicted molar refractivity (Wildman–Crippen MR) is 134 cm³/mol. The Hall–Kier alpha value is -0.440. The maximum atomic E-state index is 3.92. The van der Waals surface area contributed by atoms with E-state index in [1.54, 1.807) is 0 Å². The van der Waals surface area contributed by atoms with Crippen LogP contribution in [0.5, 0.6) is 0 Å². The van der Waals surface area contributed by atoms with Gasteiger partial charge in [0.05, 0.1) is 0 Å². The van der Waals surface area contributed by atoms with Crippen molar-refractivity contribution < 1.29 is 0 Å². The lowest BCUT2D eigenvalue weighted by Gasteiger charge is -2.14. The van der Waals surface area contributed by atoms with E-state index in [1.165, 1.54) is 109 Å². The Morgan fingerprint density at radius 1 is 0.586 bits per heavy atom. The second kappa shape index (κ2) is 23.8. The van der Waals surface area contributed by atoms with E-state index < -0.39 is 0 Å². The lowest BCUT2D eigenvalue weighted by molar-refractivity contribution is 0.405. The van der Waals surface area contributed by atoms with Crippen LogP contribution in [0, 0.1) is 37.5 Å². The van der Waals surface area contributed by atoms with Crippen LogP contribution < -0.4 is 0 Å². The summed E-state index contributed by atoms with van der Waals surface area (Å²) < 4.78 is 0. The highest BCUT2D eigenvalue weighted by molar-refractivity contribution is 4.99. The average molecular weight is 403 g/mol. The fraction of sp³-hybridized carbons (Fsp3) is 0.862. The Morgan fingerprint density at radius 3 is 1.66 bits per heavy atom. The lowest BCUT2D eigenvalue weighted by atomic mass is 9.92. The van der Waals surface area contributed by atoms with E-state index in [2.05, 4.69) is 39.5 Å². The van der Waals surface area contributed by atoms with E-state index >= 15 is 0 Å². The molecule has 0 heteroatoms. The first-order valence-corrected chi connectivity index (χ1v) is 13.3. The largest absolute Gasteiger partial charge is 0.103 e. The third-order valence-electron chi connectivity index (χ3n) is 6.40. The molecule has 0 aliphatic carbocycles. The van der Waals surface area contributed by atoms with Crippen molar-refractivity contribution >= 4 is 0 Å². The Bertz CT molecular complexity index is 358. The van der Waals surface area contributed by atoms with Crippen molar-refractivity contribution in [1.29, 1.82) is 0 Å². The topological polar surface area (TPSA) is 0 Å². The standard InChI is InChI=1S/C29H54/c1-5-8-10-12-14-15-16-17-19-21-26-29(7-3)27-23-22-25-28(4)24-20-18-13-11-9-6-2/h28-29H,1-2,5-18,20,22-27H2,3-4H3. The second-order valence-electron chi connectivity index (χ2n) is 9.36. The van der Waals surface area contributed by atoms with Crippen LogP contribution in [0.4, 0.5) is 0 Å². The molecule has 0 spiro atoms. The Morgan fingerprint density at radius 2 is 1.07 bits per heavy atom. The van der Waals surface area contributed by atoms with Crippen molar-refractivity contribution in [3.05, 3.63) is 13.8 Å². The summed E-state index contributed by atoms with van der Waals surface area (Å²) in [5.41, 5.74) is 0. The van der Waals surface area contributed by atoms with Crippen LogP contribution in [0.25, 0.3) is 0 Å². The van der Waals surface area contributed by atoms with Crippen molar-refractivity contribution in [3.63, 3.8) is 0 Å². The van der Waals surface area contributed by atoms with Crippen molar-refractivity contribution in [2.45, 2.75) is 149 Å². The van der Waals surface area contributed by atoms with Crippen LogP contribution in [0.15, 0.2) is 0 Å². The highest BCUT2D eigenvalue weighted by atomic mass is 14.1. The van der Waals surface area contributed by atoms with Gasteiger partial charge in [-0.25, -0.2) is 0 Å². The van der Waals surface area contributed by atoms with Crippen LogP contribution in [-0.2, 0) is 0 Å². The molecule has 0 heterocycles. The minimum Gasteiger partial charge on any atom is -0.103 e. The summed E-state index contributed by atoms with van der Waals surface area (Å²) in [6.45, 7) is 12.6. The van der Waals surface area contributed by atoms with Crippen molar-refractivity contribution in [2.24, 2.45) is 11.8 Å². The molecule has 0 bridgehead atoms. The molecule has 170 valence electrons. The van der Waals surface area contributed by atoms with Gasteiger partial charge in [0.1, 0.15) is 0 Å². The van der Waals surface area contributed by atoms with Gasteiger partial charge < -0.3 is 0 Å². The van der Waals surface area contributed by atoms with E-state index in [-0.39, 0.29) is 0 Å². The third-order valence-corrected chi connectivity index (χ3v) is 6.40. The van der Waals surface area contributed by atoms with Gasteiger partial charge in [-0.1, -0.05) is 137 Å². The quantitative estimate of drug-likeness (QED) is 0.132. The zero-order valence-corrected chi connectivity index (χ0v) is 20.4. The minimum absolute atomic E-state index is 0.827. The Kier molecular flexibility index (Phi) is 23.5. The molecule has 2 atom stereocenters. The molecule has 2 radical (unpaired) electrons. The van der Waals surface area contributed by atoms with Crippen LogP contribution in [0.3, 0.4) is 0 Å². The molecule has 0 aromatic heterocycles. The van der Waals surface area contributed by atoms with Crippen LogP contribution in [0.1, 0.15) is 149 Å². The molecule has 0 amide bonds. The van der Waals surface area contributed by atoms with Crippen LogP contribution in [0.2, 0.25) is 0 Å². The first kappa shape index (κ1) is 28.6. The van der Waals surface area contributed by atoms with Gasteiger partial charge in [0.2, 0.25) is 0 Å².